The number of piperazine rings is 1. The minimum atomic E-state index is -0.755. The van der Waals surface area contributed by atoms with Crippen molar-refractivity contribution in [1.82, 2.24) is 34.3 Å². The Morgan fingerprint density at radius 1 is 0.953 bits per heavy atom. The molecule has 7 rings (SSSR count). The summed E-state index contributed by atoms with van der Waals surface area (Å²) in [5.74, 6) is -0.144. The van der Waals surface area contributed by atoms with Crippen LogP contribution in [0.2, 0.25) is 0 Å². The van der Waals surface area contributed by atoms with Crippen molar-refractivity contribution in [2.45, 2.75) is 12.8 Å². The maximum atomic E-state index is 13.8. The van der Waals surface area contributed by atoms with Crippen molar-refractivity contribution in [2.24, 2.45) is 13.0 Å². The van der Waals surface area contributed by atoms with Gasteiger partial charge in [-0.3, -0.25) is 14.3 Å². The van der Waals surface area contributed by atoms with E-state index in [-0.39, 0.29) is 29.0 Å². The highest BCUT2D eigenvalue weighted by molar-refractivity contribution is 6.03. The number of hydrogen-bond acceptors (Lipinski definition) is 7. The van der Waals surface area contributed by atoms with Gasteiger partial charge in [-0.1, -0.05) is 0 Å². The molecule has 43 heavy (non-hydrogen) atoms. The van der Waals surface area contributed by atoms with Gasteiger partial charge in [0, 0.05) is 62.5 Å². The lowest BCUT2D eigenvalue weighted by atomic mass is 10.0. The fraction of sp³-hybridized carbons (Fsp3) is 0.267. The third-order valence-electron chi connectivity index (χ3n) is 7.76. The van der Waals surface area contributed by atoms with Gasteiger partial charge in [0.25, 0.3) is 5.91 Å². The van der Waals surface area contributed by atoms with Gasteiger partial charge in [0.15, 0.2) is 11.5 Å². The first-order valence-electron chi connectivity index (χ1n) is 14.0. The molecule has 0 radical (unpaired) electrons. The molecule has 0 spiro atoms. The minimum Gasteiger partial charge on any atom is -0.353 e. The zero-order valence-electron chi connectivity index (χ0n) is 23.2. The van der Waals surface area contributed by atoms with E-state index in [1.165, 1.54) is 24.4 Å². The molecular formula is C30H27F2N9O2. The predicted octanol–water partition coefficient (Wildman–Crippen LogP) is 3.78. The standard InChI is InChI=1S/C30H27F2N9O2/c1-38-29(39-12-14-40(15-13-39)30(43)19-2-3-19)26(27(37-38)18-4-6-21(31)7-5-18)22-8-9-25-34-24(17-41(25)36-22)35-28(42)20-10-11-33-23(32)16-20/h4-11,16-17,19H,2-3,12-15H2,1H3,(H,35,42). The monoisotopic (exact) mass is 583 g/mol. The van der Waals surface area contributed by atoms with Crippen LogP contribution in [0.25, 0.3) is 28.2 Å². The van der Waals surface area contributed by atoms with Crippen LogP contribution in [0.4, 0.5) is 20.4 Å². The average Bonchev–Trinajstić information content (AvgIpc) is 3.70. The van der Waals surface area contributed by atoms with Crippen LogP contribution < -0.4 is 10.2 Å². The van der Waals surface area contributed by atoms with E-state index in [1.54, 1.807) is 33.6 Å². The number of aryl methyl sites for hydroxylation is 1. The number of aromatic nitrogens is 6. The fourth-order valence-electron chi connectivity index (χ4n) is 5.46. The van der Waals surface area contributed by atoms with Crippen LogP contribution in [0.15, 0.2) is 60.9 Å². The number of fused-ring (bicyclic) bond motifs is 1. The molecule has 13 heteroatoms. The lowest BCUT2D eigenvalue weighted by Crippen LogP contribution is -2.49. The first-order chi connectivity index (χ1) is 20.8. The van der Waals surface area contributed by atoms with Gasteiger partial charge in [-0.05, 0) is 55.3 Å². The quantitative estimate of drug-likeness (QED) is 0.303. The Morgan fingerprint density at radius 2 is 1.72 bits per heavy atom. The lowest BCUT2D eigenvalue weighted by Gasteiger charge is -2.36. The smallest absolute Gasteiger partial charge is 0.257 e. The zero-order chi connectivity index (χ0) is 29.7. The molecular weight excluding hydrogens is 556 g/mol. The third kappa shape index (κ3) is 5.17. The number of pyridine rings is 1. The van der Waals surface area contributed by atoms with Gasteiger partial charge in [-0.2, -0.15) is 14.6 Å². The summed E-state index contributed by atoms with van der Waals surface area (Å²) in [4.78, 5) is 37.4. The summed E-state index contributed by atoms with van der Waals surface area (Å²) < 4.78 is 30.7. The van der Waals surface area contributed by atoms with Crippen LogP contribution in [0, 0.1) is 17.7 Å². The number of rotatable bonds is 6. The summed E-state index contributed by atoms with van der Waals surface area (Å²) in [5.41, 5.74) is 3.31. The summed E-state index contributed by atoms with van der Waals surface area (Å²) in [6.45, 7) is 2.49. The molecule has 5 heterocycles. The maximum Gasteiger partial charge on any atom is 0.257 e. The number of halogens is 2. The van der Waals surface area contributed by atoms with Crippen LogP contribution >= 0.6 is 0 Å². The zero-order valence-corrected chi connectivity index (χ0v) is 23.2. The van der Waals surface area contributed by atoms with Crippen molar-refractivity contribution in [1.29, 1.82) is 0 Å². The molecule has 0 unspecified atom stereocenters. The van der Waals surface area contributed by atoms with Crippen LogP contribution in [0.1, 0.15) is 23.2 Å². The largest absolute Gasteiger partial charge is 0.353 e. The van der Waals surface area contributed by atoms with Gasteiger partial charge in [-0.15, -0.1) is 0 Å². The van der Waals surface area contributed by atoms with Crippen molar-refractivity contribution in [3.05, 3.63) is 78.3 Å². The summed E-state index contributed by atoms with van der Waals surface area (Å²) in [6, 6.07) is 12.2. The molecule has 218 valence electrons. The fourth-order valence-corrected chi connectivity index (χ4v) is 5.46. The highest BCUT2D eigenvalue weighted by Crippen LogP contribution is 2.39. The van der Waals surface area contributed by atoms with E-state index < -0.39 is 11.9 Å². The molecule has 11 nitrogen and oxygen atoms in total. The van der Waals surface area contributed by atoms with Crippen LogP contribution in [0.5, 0.6) is 0 Å². The Balaban J connectivity index is 1.24. The number of anilines is 2. The molecule has 1 N–H and O–H groups in total. The van der Waals surface area contributed by atoms with E-state index in [0.29, 0.717) is 43.2 Å². The molecule has 5 aromatic rings. The highest BCUT2D eigenvalue weighted by Gasteiger charge is 2.35. The number of carbonyl (C=O) groups excluding carboxylic acids is 2. The average molecular weight is 584 g/mol. The van der Waals surface area contributed by atoms with Crippen LogP contribution in [-0.2, 0) is 11.8 Å². The van der Waals surface area contributed by atoms with E-state index in [1.807, 2.05) is 18.0 Å². The highest BCUT2D eigenvalue weighted by atomic mass is 19.1. The summed E-state index contributed by atoms with van der Waals surface area (Å²) in [6.07, 6.45) is 4.74. The number of nitrogens with one attached hydrogen (secondary N) is 1. The SMILES string of the molecule is Cn1nc(-c2ccc(F)cc2)c(-c2ccc3nc(NC(=O)c4ccnc(F)c4)cn3n2)c1N1CCN(C(=O)C2CC2)CC1. The van der Waals surface area contributed by atoms with Crippen molar-refractivity contribution in [3.63, 3.8) is 0 Å². The van der Waals surface area contributed by atoms with Crippen LogP contribution in [0.3, 0.4) is 0 Å². The van der Waals surface area contributed by atoms with Crippen LogP contribution in [-0.4, -0.2) is 72.3 Å². The number of benzene rings is 1. The Hall–Kier alpha value is -5.20. The number of hydrogen-bond donors (Lipinski definition) is 1. The number of carbonyl (C=O) groups is 2. The molecule has 2 fully saturated rings. The molecule has 2 amide bonds. The molecule has 1 saturated heterocycles. The Bertz CT molecular complexity index is 1860. The second-order valence-corrected chi connectivity index (χ2v) is 10.7. The Morgan fingerprint density at radius 3 is 2.44 bits per heavy atom. The van der Waals surface area contributed by atoms with E-state index >= 15 is 0 Å². The topological polar surface area (TPSA) is 114 Å². The van der Waals surface area contributed by atoms with Gasteiger partial charge in [-0.25, -0.2) is 18.9 Å². The number of amides is 2. The van der Waals surface area contributed by atoms with Crippen molar-refractivity contribution < 1.29 is 18.4 Å². The van der Waals surface area contributed by atoms with E-state index in [0.717, 1.165) is 35.9 Å². The number of imidazole rings is 1. The minimum absolute atomic E-state index is 0.112. The lowest BCUT2D eigenvalue weighted by molar-refractivity contribution is -0.132. The van der Waals surface area contributed by atoms with Crippen molar-refractivity contribution in [2.75, 3.05) is 36.4 Å². The third-order valence-corrected chi connectivity index (χ3v) is 7.76. The van der Waals surface area contributed by atoms with E-state index in [9.17, 15) is 18.4 Å². The van der Waals surface area contributed by atoms with Gasteiger partial charge in [0.2, 0.25) is 11.9 Å². The number of nitrogens with zero attached hydrogens (tertiary/aromatic N) is 8. The van der Waals surface area contributed by atoms with Gasteiger partial charge >= 0.3 is 0 Å². The summed E-state index contributed by atoms with van der Waals surface area (Å²) in [7, 11) is 1.86. The Kier molecular flexibility index (Phi) is 6.56. The molecule has 1 aliphatic carbocycles. The Labute approximate surface area is 244 Å². The molecule has 0 bridgehead atoms. The van der Waals surface area contributed by atoms with Crippen molar-refractivity contribution >= 4 is 29.1 Å². The summed E-state index contributed by atoms with van der Waals surface area (Å²) >= 11 is 0. The molecule has 1 saturated carbocycles. The first kappa shape index (κ1) is 26.7. The van der Waals surface area contributed by atoms with E-state index in [2.05, 4.69) is 20.2 Å². The van der Waals surface area contributed by atoms with Crippen molar-refractivity contribution in [3.8, 4) is 22.5 Å². The predicted molar refractivity (Wildman–Crippen MR) is 154 cm³/mol. The summed E-state index contributed by atoms with van der Waals surface area (Å²) in [5, 5.41) is 12.3. The normalized spacial score (nSPS) is 15.2. The first-order valence-corrected chi connectivity index (χ1v) is 14.0. The molecule has 2 aliphatic rings. The second kappa shape index (κ2) is 10.6. The van der Waals surface area contributed by atoms with E-state index in [4.69, 9.17) is 10.2 Å². The maximum absolute atomic E-state index is 13.8. The molecule has 1 aromatic carbocycles. The second-order valence-electron chi connectivity index (χ2n) is 10.7. The van der Waals surface area contributed by atoms with Gasteiger partial charge < -0.3 is 15.1 Å². The molecule has 4 aromatic heterocycles. The molecule has 0 atom stereocenters. The van der Waals surface area contributed by atoms with Gasteiger partial charge in [0.1, 0.15) is 17.3 Å². The van der Waals surface area contributed by atoms with Gasteiger partial charge in [0.05, 0.1) is 17.5 Å². The molecule has 1 aliphatic heterocycles.